The van der Waals surface area contributed by atoms with Gasteiger partial charge in [-0.05, 0) is 53.6 Å². The molecule has 0 unspecified atom stereocenters. The summed E-state index contributed by atoms with van der Waals surface area (Å²) in [7, 11) is 6.06. The summed E-state index contributed by atoms with van der Waals surface area (Å²) in [4.78, 5) is 2.10. The molecule has 0 spiro atoms. The third-order valence-corrected chi connectivity index (χ3v) is 3.83. The van der Waals surface area contributed by atoms with E-state index in [1.54, 1.807) is 11.3 Å². The smallest absolute Gasteiger partial charge is 0.378 e. The van der Waals surface area contributed by atoms with Gasteiger partial charge in [0.15, 0.2) is 0 Å². The predicted molar refractivity (Wildman–Crippen MR) is 79.9 cm³/mol. The van der Waals surface area contributed by atoms with Gasteiger partial charge >= 0.3 is 5.13 Å². The largest absolute Gasteiger partial charge is 0.408 e. The van der Waals surface area contributed by atoms with Gasteiger partial charge in [0, 0.05) is 25.2 Å². The molecule has 0 aliphatic rings. The van der Waals surface area contributed by atoms with Gasteiger partial charge in [-0.15, -0.1) is 0 Å². The zero-order valence-corrected chi connectivity index (χ0v) is 12.8. The number of anilines is 1. The first-order valence-electron chi connectivity index (χ1n) is 6.12. The van der Waals surface area contributed by atoms with Crippen molar-refractivity contribution in [2.24, 2.45) is 17.3 Å². The van der Waals surface area contributed by atoms with Crippen LogP contribution in [-0.2, 0) is 7.05 Å². The van der Waals surface area contributed by atoms with Crippen molar-refractivity contribution in [1.82, 2.24) is 0 Å². The summed E-state index contributed by atoms with van der Waals surface area (Å²) in [6, 6.07) is 4.27. The normalized spacial score (nSPS) is 11.2. The fraction of sp³-hybridized carbons (Fsp3) is 0.357. The average molecular weight is 275 g/mol. The Bertz CT molecular complexity index is 591. The highest BCUT2D eigenvalue weighted by molar-refractivity contribution is 7.12. The molecule has 0 atom stereocenters. The van der Waals surface area contributed by atoms with Gasteiger partial charge in [-0.1, -0.05) is 0 Å². The second-order valence-electron chi connectivity index (χ2n) is 4.82. The number of aryl methyl sites for hydroxylation is 3. The highest BCUT2D eigenvalue weighted by Crippen LogP contribution is 2.30. The number of hydrogen-bond donors (Lipinski definition) is 0. The zero-order valence-electron chi connectivity index (χ0n) is 12.0. The Hall–Kier alpha value is -1.75. The molecule has 0 aliphatic heterocycles. The summed E-state index contributed by atoms with van der Waals surface area (Å²) < 4.78 is 1.97. The van der Waals surface area contributed by atoms with E-state index in [4.69, 9.17) is 0 Å². The maximum absolute atomic E-state index is 4.41. The minimum atomic E-state index is 0.899. The summed E-state index contributed by atoms with van der Waals surface area (Å²) in [5, 5.41) is 11.6. The molecule has 5 heteroatoms. The van der Waals surface area contributed by atoms with Crippen LogP contribution < -0.4 is 9.47 Å². The monoisotopic (exact) mass is 275 g/mol. The van der Waals surface area contributed by atoms with E-state index in [1.807, 2.05) is 37.3 Å². The van der Waals surface area contributed by atoms with E-state index in [1.165, 1.54) is 5.69 Å². The summed E-state index contributed by atoms with van der Waals surface area (Å²) in [6.45, 7) is 4.14. The molecule has 1 aromatic heterocycles. The number of thiazole rings is 1. The van der Waals surface area contributed by atoms with Crippen molar-refractivity contribution < 1.29 is 4.57 Å². The molecule has 19 heavy (non-hydrogen) atoms. The van der Waals surface area contributed by atoms with E-state index in [2.05, 4.69) is 41.1 Å². The lowest BCUT2D eigenvalue weighted by molar-refractivity contribution is -0.654. The minimum Gasteiger partial charge on any atom is -0.378 e. The van der Waals surface area contributed by atoms with Crippen LogP contribution >= 0.6 is 11.3 Å². The first-order chi connectivity index (χ1) is 8.99. The number of azo groups is 1. The Morgan fingerprint density at radius 2 is 1.74 bits per heavy atom. The minimum absolute atomic E-state index is 0.899. The molecule has 0 N–H and O–H groups in total. The zero-order chi connectivity index (χ0) is 14.0. The Morgan fingerprint density at radius 1 is 1.11 bits per heavy atom. The lowest BCUT2D eigenvalue weighted by Gasteiger charge is -2.14. The first-order valence-corrected chi connectivity index (χ1v) is 7.00. The van der Waals surface area contributed by atoms with E-state index in [0.717, 1.165) is 21.9 Å². The number of aromatic nitrogens is 1. The highest BCUT2D eigenvalue weighted by Gasteiger charge is 2.11. The van der Waals surface area contributed by atoms with Gasteiger partial charge in [-0.25, -0.2) is 4.57 Å². The maximum Gasteiger partial charge on any atom is 0.408 e. The molecule has 0 bridgehead atoms. The molecule has 0 amide bonds. The molecule has 1 heterocycles. The molecule has 0 radical (unpaired) electrons. The molecular formula is C14H19N4S+. The molecule has 100 valence electrons. The molecular weight excluding hydrogens is 256 g/mol. The van der Waals surface area contributed by atoms with Crippen LogP contribution in [0.5, 0.6) is 0 Å². The first kappa shape index (κ1) is 13.7. The summed E-state index contributed by atoms with van der Waals surface area (Å²) in [6.07, 6.45) is 1.98. The predicted octanol–water partition coefficient (Wildman–Crippen LogP) is 3.67. The van der Waals surface area contributed by atoms with Gasteiger partial charge in [-0.2, -0.15) is 0 Å². The van der Waals surface area contributed by atoms with E-state index in [-0.39, 0.29) is 0 Å². The lowest BCUT2D eigenvalue weighted by atomic mass is 10.1. The quantitative estimate of drug-likeness (QED) is 0.621. The van der Waals surface area contributed by atoms with Gasteiger partial charge < -0.3 is 4.90 Å². The van der Waals surface area contributed by atoms with Crippen LogP contribution in [0.3, 0.4) is 0 Å². The van der Waals surface area contributed by atoms with Crippen LogP contribution in [0.25, 0.3) is 0 Å². The van der Waals surface area contributed by atoms with Gasteiger partial charge in [-0.3, -0.25) is 0 Å². The van der Waals surface area contributed by atoms with Crippen molar-refractivity contribution in [3.63, 3.8) is 0 Å². The van der Waals surface area contributed by atoms with Crippen LogP contribution in [0.15, 0.2) is 33.9 Å². The van der Waals surface area contributed by atoms with Crippen molar-refractivity contribution >= 4 is 27.8 Å². The summed E-state index contributed by atoms with van der Waals surface area (Å²) >= 11 is 1.58. The van der Waals surface area contributed by atoms with Crippen LogP contribution in [-0.4, -0.2) is 14.1 Å². The summed E-state index contributed by atoms with van der Waals surface area (Å²) in [5.41, 5.74) is 4.44. The third kappa shape index (κ3) is 2.98. The SMILES string of the molecule is Cc1cc(N(C)C)cc(C)c1/N=N/c1scc[n+]1C. The maximum atomic E-state index is 4.41. The summed E-state index contributed by atoms with van der Waals surface area (Å²) in [5.74, 6) is 0. The highest BCUT2D eigenvalue weighted by atomic mass is 32.1. The molecule has 0 saturated heterocycles. The number of nitrogens with zero attached hydrogens (tertiary/aromatic N) is 4. The second kappa shape index (κ2) is 5.48. The fourth-order valence-electron chi connectivity index (χ4n) is 1.87. The molecule has 4 nitrogen and oxygen atoms in total. The Labute approximate surface area is 118 Å². The Balaban J connectivity index is 2.36. The van der Waals surface area contributed by atoms with E-state index >= 15 is 0 Å². The molecule has 2 rings (SSSR count). The van der Waals surface area contributed by atoms with E-state index in [9.17, 15) is 0 Å². The van der Waals surface area contributed by atoms with Crippen molar-refractivity contribution in [3.8, 4) is 0 Å². The van der Waals surface area contributed by atoms with Crippen LogP contribution in [0.4, 0.5) is 16.5 Å². The molecule has 0 saturated carbocycles. The van der Waals surface area contributed by atoms with Crippen molar-refractivity contribution in [3.05, 3.63) is 34.8 Å². The lowest BCUT2D eigenvalue weighted by Crippen LogP contribution is -2.23. The Kier molecular flexibility index (Phi) is 3.95. The topological polar surface area (TPSA) is 31.8 Å². The van der Waals surface area contributed by atoms with Gasteiger partial charge in [0.25, 0.3) is 0 Å². The average Bonchev–Trinajstić information content (AvgIpc) is 2.73. The third-order valence-electron chi connectivity index (χ3n) is 2.99. The second-order valence-corrected chi connectivity index (χ2v) is 5.69. The van der Waals surface area contributed by atoms with Crippen LogP contribution in [0, 0.1) is 13.8 Å². The van der Waals surface area contributed by atoms with Crippen molar-refractivity contribution in [1.29, 1.82) is 0 Å². The molecule has 1 aromatic carbocycles. The molecule has 0 aliphatic carbocycles. The Morgan fingerprint density at radius 3 is 2.21 bits per heavy atom. The standard InChI is InChI=1S/C14H19N4S/c1-10-8-12(17(3)4)9-11(2)13(10)15-16-14-18(5)6-7-19-14/h6-9H,1-5H3/q+1. The van der Waals surface area contributed by atoms with Crippen LogP contribution in [0.2, 0.25) is 0 Å². The van der Waals surface area contributed by atoms with Gasteiger partial charge in [0.2, 0.25) is 0 Å². The van der Waals surface area contributed by atoms with Gasteiger partial charge in [0.05, 0.1) is 12.2 Å². The number of rotatable bonds is 3. The van der Waals surface area contributed by atoms with E-state index in [0.29, 0.717) is 0 Å². The fourth-order valence-corrected chi connectivity index (χ4v) is 2.55. The molecule has 2 aromatic rings. The van der Waals surface area contributed by atoms with Crippen molar-refractivity contribution in [2.75, 3.05) is 19.0 Å². The van der Waals surface area contributed by atoms with Crippen molar-refractivity contribution in [2.45, 2.75) is 13.8 Å². The number of hydrogen-bond acceptors (Lipinski definition) is 4. The van der Waals surface area contributed by atoms with E-state index < -0.39 is 0 Å². The molecule has 0 fully saturated rings. The van der Waals surface area contributed by atoms with Gasteiger partial charge in [0.1, 0.15) is 11.9 Å². The number of benzene rings is 1. The van der Waals surface area contributed by atoms with Crippen LogP contribution in [0.1, 0.15) is 11.1 Å².